The predicted octanol–water partition coefficient (Wildman–Crippen LogP) is 5.17. The third-order valence-corrected chi connectivity index (χ3v) is 6.67. The van der Waals surface area contributed by atoms with Crippen LogP contribution in [0.5, 0.6) is 5.75 Å². The van der Waals surface area contributed by atoms with E-state index in [2.05, 4.69) is 9.98 Å². The summed E-state index contributed by atoms with van der Waals surface area (Å²) in [6, 6.07) is 16.9. The molecular formula is C26H24N2O4S. The summed E-state index contributed by atoms with van der Waals surface area (Å²) >= 11 is 1.38. The molecule has 1 aliphatic rings. The molecule has 0 saturated heterocycles. The number of hydrogen-bond acceptors (Lipinski definition) is 6. The summed E-state index contributed by atoms with van der Waals surface area (Å²) in [5, 5.41) is 10.1. The Labute approximate surface area is 196 Å². The number of nitrogens with zero attached hydrogens (tertiary/aromatic N) is 2. The van der Waals surface area contributed by atoms with Crippen LogP contribution in [0.25, 0.3) is 10.6 Å². The molecule has 2 aromatic carbocycles. The molecule has 0 radical (unpaired) electrons. The number of aliphatic carboxylic acids is 1. The van der Waals surface area contributed by atoms with Crippen molar-refractivity contribution in [2.45, 2.75) is 38.3 Å². The highest BCUT2D eigenvalue weighted by molar-refractivity contribution is 7.17. The SMILES string of the molecule is Cc1nc(-c2ccccc2)sc1C(=O)C1(Cc2ccc(OC(C)(C)C(=O)O)cc2)C=CC=N1. The highest BCUT2D eigenvalue weighted by atomic mass is 32.1. The standard InChI is InChI=1S/C26H24N2O4S/c1-17-21(33-23(28-17)19-8-5-4-6-9-19)22(29)26(14-7-15-27-26)16-18-10-12-20(13-11-18)32-25(2,3)24(30)31/h4-15H,16H2,1-3H3,(H,30,31). The monoisotopic (exact) mass is 460 g/mol. The second-order valence-corrected chi connectivity index (χ2v) is 9.43. The van der Waals surface area contributed by atoms with E-state index in [9.17, 15) is 14.7 Å². The van der Waals surface area contributed by atoms with E-state index in [1.165, 1.54) is 25.2 Å². The van der Waals surface area contributed by atoms with Crippen molar-refractivity contribution >= 4 is 29.3 Å². The number of carbonyl (C=O) groups excluding carboxylic acids is 1. The number of thiazole rings is 1. The molecule has 168 valence electrons. The van der Waals surface area contributed by atoms with Crippen LogP contribution in [0.2, 0.25) is 0 Å². The molecule has 1 aliphatic heterocycles. The summed E-state index contributed by atoms with van der Waals surface area (Å²) < 4.78 is 5.57. The highest BCUT2D eigenvalue weighted by Crippen LogP contribution is 2.34. The van der Waals surface area contributed by atoms with E-state index in [0.29, 0.717) is 22.7 Å². The molecule has 4 rings (SSSR count). The molecule has 0 bridgehead atoms. The number of allylic oxidation sites excluding steroid dienone is 1. The first-order valence-electron chi connectivity index (χ1n) is 10.5. The molecule has 1 atom stereocenters. The second-order valence-electron chi connectivity index (χ2n) is 8.43. The molecule has 33 heavy (non-hydrogen) atoms. The van der Waals surface area contributed by atoms with Crippen LogP contribution < -0.4 is 4.74 Å². The zero-order chi connectivity index (χ0) is 23.6. The molecule has 0 amide bonds. The van der Waals surface area contributed by atoms with E-state index in [-0.39, 0.29) is 5.78 Å². The van der Waals surface area contributed by atoms with Crippen molar-refractivity contribution in [1.82, 2.24) is 4.98 Å². The Balaban J connectivity index is 1.58. The number of rotatable bonds is 8. The first kappa shape index (κ1) is 22.6. The molecule has 1 unspecified atom stereocenters. The van der Waals surface area contributed by atoms with Gasteiger partial charge in [0.1, 0.15) is 16.3 Å². The van der Waals surface area contributed by atoms with Gasteiger partial charge < -0.3 is 9.84 Å². The van der Waals surface area contributed by atoms with Crippen LogP contribution in [-0.4, -0.2) is 39.2 Å². The van der Waals surface area contributed by atoms with E-state index < -0.39 is 17.1 Å². The smallest absolute Gasteiger partial charge is 0.347 e. The number of Topliss-reactive ketones (excluding diaryl/α,β-unsaturated/α-hetero) is 1. The normalized spacial score (nSPS) is 17.3. The van der Waals surface area contributed by atoms with Gasteiger partial charge in [-0.05, 0) is 50.6 Å². The summed E-state index contributed by atoms with van der Waals surface area (Å²) in [5.74, 6) is -0.684. The number of benzene rings is 2. The molecule has 3 aromatic rings. The number of aromatic nitrogens is 1. The van der Waals surface area contributed by atoms with Gasteiger partial charge in [0.2, 0.25) is 5.78 Å². The number of carbonyl (C=O) groups is 2. The fraction of sp³-hybridized carbons (Fsp3) is 0.231. The van der Waals surface area contributed by atoms with Gasteiger partial charge in [-0.15, -0.1) is 11.3 Å². The van der Waals surface area contributed by atoms with Crippen molar-refractivity contribution in [3.63, 3.8) is 0 Å². The lowest BCUT2D eigenvalue weighted by Gasteiger charge is -2.24. The lowest BCUT2D eigenvalue weighted by Crippen LogP contribution is -2.38. The van der Waals surface area contributed by atoms with Gasteiger partial charge in [0.15, 0.2) is 5.60 Å². The van der Waals surface area contributed by atoms with Crippen LogP contribution in [0.3, 0.4) is 0 Å². The Kier molecular flexibility index (Phi) is 5.99. The maximum Gasteiger partial charge on any atom is 0.347 e. The van der Waals surface area contributed by atoms with Gasteiger partial charge in [0.25, 0.3) is 0 Å². The predicted molar refractivity (Wildman–Crippen MR) is 129 cm³/mol. The fourth-order valence-corrected chi connectivity index (χ4v) is 4.67. The lowest BCUT2D eigenvalue weighted by atomic mass is 9.86. The summed E-state index contributed by atoms with van der Waals surface area (Å²) in [7, 11) is 0. The summed E-state index contributed by atoms with van der Waals surface area (Å²) in [6.07, 6.45) is 5.65. The van der Waals surface area contributed by atoms with Crippen LogP contribution >= 0.6 is 11.3 Å². The quantitative estimate of drug-likeness (QED) is 0.469. The van der Waals surface area contributed by atoms with Crippen molar-refractivity contribution in [2.75, 3.05) is 0 Å². The minimum Gasteiger partial charge on any atom is -0.478 e. The van der Waals surface area contributed by atoms with E-state index in [0.717, 1.165) is 16.1 Å². The Bertz CT molecular complexity index is 1230. The third-order valence-electron chi connectivity index (χ3n) is 5.46. The molecular weight excluding hydrogens is 436 g/mol. The maximum atomic E-state index is 13.7. The Morgan fingerprint density at radius 2 is 1.79 bits per heavy atom. The maximum absolute atomic E-state index is 13.7. The summed E-state index contributed by atoms with van der Waals surface area (Å²) in [4.78, 5) is 34.8. The first-order valence-corrected chi connectivity index (χ1v) is 11.3. The molecule has 0 spiro atoms. The summed E-state index contributed by atoms with van der Waals surface area (Å²) in [6.45, 7) is 4.84. The van der Waals surface area contributed by atoms with E-state index in [4.69, 9.17) is 4.74 Å². The van der Waals surface area contributed by atoms with Crippen LogP contribution in [-0.2, 0) is 11.2 Å². The molecule has 0 aliphatic carbocycles. The number of ether oxygens (including phenoxy) is 1. The number of carboxylic acid groups (broad SMARTS) is 1. The van der Waals surface area contributed by atoms with Gasteiger partial charge in [-0.2, -0.15) is 0 Å². The number of ketones is 1. The Hall–Kier alpha value is -3.58. The van der Waals surface area contributed by atoms with Crippen molar-refractivity contribution in [1.29, 1.82) is 0 Å². The van der Waals surface area contributed by atoms with Crippen LogP contribution in [0, 0.1) is 6.92 Å². The second kappa shape index (κ2) is 8.75. The van der Waals surface area contributed by atoms with Crippen LogP contribution in [0.15, 0.2) is 71.7 Å². The Morgan fingerprint density at radius 3 is 2.39 bits per heavy atom. The molecule has 6 nitrogen and oxygen atoms in total. The van der Waals surface area contributed by atoms with Crippen LogP contribution in [0.1, 0.15) is 34.8 Å². The molecule has 0 fully saturated rings. The van der Waals surface area contributed by atoms with Crippen molar-refractivity contribution < 1.29 is 19.4 Å². The van der Waals surface area contributed by atoms with Crippen molar-refractivity contribution in [3.05, 3.63) is 82.9 Å². The molecule has 2 heterocycles. The Morgan fingerprint density at radius 1 is 1.09 bits per heavy atom. The highest BCUT2D eigenvalue weighted by Gasteiger charge is 2.39. The van der Waals surface area contributed by atoms with Gasteiger partial charge in [0.05, 0.1) is 10.6 Å². The third kappa shape index (κ3) is 4.64. The summed E-state index contributed by atoms with van der Waals surface area (Å²) in [5.41, 5.74) is 0.186. The number of carboxylic acids is 1. The van der Waals surface area contributed by atoms with E-state index >= 15 is 0 Å². The minimum atomic E-state index is -1.34. The average Bonchev–Trinajstić information content (AvgIpc) is 3.42. The lowest BCUT2D eigenvalue weighted by molar-refractivity contribution is -0.152. The average molecular weight is 461 g/mol. The van der Waals surface area contributed by atoms with Gasteiger partial charge in [0, 0.05) is 18.2 Å². The first-order chi connectivity index (χ1) is 15.7. The van der Waals surface area contributed by atoms with Gasteiger partial charge in [-0.3, -0.25) is 9.79 Å². The number of hydrogen-bond donors (Lipinski definition) is 1. The van der Waals surface area contributed by atoms with E-state index in [1.807, 2.05) is 55.5 Å². The topological polar surface area (TPSA) is 88.8 Å². The van der Waals surface area contributed by atoms with Gasteiger partial charge in [-0.25, -0.2) is 9.78 Å². The number of aliphatic imine (C=N–C) groups is 1. The minimum absolute atomic E-state index is 0.0861. The zero-order valence-electron chi connectivity index (χ0n) is 18.6. The van der Waals surface area contributed by atoms with Crippen LogP contribution in [0.4, 0.5) is 0 Å². The van der Waals surface area contributed by atoms with E-state index in [1.54, 1.807) is 24.4 Å². The largest absolute Gasteiger partial charge is 0.478 e. The van der Waals surface area contributed by atoms with Crippen molar-refractivity contribution in [2.24, 2.45) is 4.99 Å². The molecule has 1 N–H and O–H groups in total. The van der Waals surface area contributed by atoms with Gasteiger partial charge in [-0.1, -0.05) is 42.5 Å². The zero-order valence-corrected chi connectivity index (χ0v) is 19.4. The molecule has 7 heteroatoms. The fourth-order valence-electron chi connectivity index (χ4n) is 3.57. The number of aryl methyl sites for hydroxylation is 1. The molecule has 1 aromatic heterocycles. The van der Waals surface area contributed by atoms with Crippen molar-refractivity contribution in [3.8, 4) is 16.3 Å². The molecule has 0 saturated carbocycles. The van der Waals surface area contributed by atoms with Gasteiger partial charge >= 0.3 is 5.97 Å².